The molecule has 0 aromatic heterocycles. The van der Waals surface area contributed by atoms with Gasteiger partial charge < -0.3 is 4.74 Å². The highest BCUT2D eigenvalue weighted by molar-refractivity contribution is 7.99. The Morgan fingerprint density at radius 3 is 2.61 bits per heavy atom. The van der Waals surface area contributed by atoms with Gasteiger partial charge in [0, 0.05) is 10.6 Å². The second kappa shape index (κ2) is 6.45. The number of halogens is 1. The van der Waals surface area contributed by atoms with Crippen LogP contribution in [0.3, 0.4) is 0 Å². The zero-order valence-corrected chi connectivity index (χ0v) is 11.0. The molecule has 0 bridgehead atoms. The van der Waals surface area contributed by atoms with E-state index in [2.05, 4.69) is 12.1 Å². The Labute approximate surface area is 111 Å². The second-order valence-corrected chi connectivity index (χ2v) is 5.07. The van der Waals surface area contributed by atoms with E-state index in [4.69, 9.17) is 4.74 Å². The molecule has 0 aliphatic rings. The van der Waals surface area contributed by atoms with Crippen molar-refractivity contribution in [3.8, 4) is 5.75 Å². The average molecular weight is 262 g/mol. The third kappa shape index (κ3) is 3.50. The molecule has 0 fully saturated rings. The molecule has 2 aromatic rings. The number of thioether (sulfide) groups is 1. The maximum Gasteiger partial charge on any atom is 0.167 e. The van der Waals surface area contributed by atoms with Crippen molar-refractivity contribution < 1.29 is 9.13 Å². The van der Waals surface area contributed by atoms with E-state index < -0.39 is 0 Å². The third-order valence-electron chi connectivity index (χ3n) is 2.51. The Balaban J connectivity index is 1.81. The van der Waals surface area contributed by atoms with Crippen LogP contribution in [0.5, 0.6) is 5.75 Å². The molecule has 0 unspecified atom stereocenters. The topological polar surface area (TPSA) is 9.23 Å². The highest BCUT2D eigenvalue weighted by Gasteiger charge is 2.05. The van der Waals surface area contributed by atoms with E-state index in [1.165, 1.54) is 4.90 Å². The average Bonchev–Trinajstić information content (AvgIpc) is 2.40. The minimum Gasteiger partial charge on any atom is -0.490 e. The van der Waals surface area contributed by atoms with Crippen LogP contribution in [0.25, 0.3) is 0 Å². The summed E-state index contributed by atoms with van der Waals surface area (Å²) in [6.45, 7) is 2.24. The molecule has 2 rings (SSSR count). The van der Waals surface area contributed by atoms with Gasteiger partial charge in [0.25, 0.3) is 0 Å². The van der Waals surface area contributed by atoms with Crippen molar-refractivity contribution in [1.82, 2.24) is 0 Å². The van der Waals surface area contributed by atoms with E-state index >= 15 is 0 Å². The van der Waals surface area contributed by atoms with Crippen molar-refractivity contribution >= 4 is 11.8 Å². The molecular formula is C15H15FOS. The van der Waals surface area contributed by atoms with Crippen LogP contribution in [0, 0.1) is 12.7 Å². The summed E-state index contributed by atoms with van der Waals surface area (Å²) >= 11 is 1.70. The first-order valence-corrected chi connectivity index (χ1v) is 6.81. The molecule has 2 aromatic carbocycles. The fourth-order valence-electron chi connectivity index (χ4n) is 1.56. The zero-order valence-electron chi connectivity index (χ0n) is 10.2. The summed E-state index contributed by atoms with van der Waals surface area (Å²) < 4.78 is 19.1. The van der Waals surface area contributed by atoms with E-state index in [9.17, 15) is 4.39 Å². The van der Waals surface area contributed by atoms with Crippen LogP contribution in [0.4, 0.5) is 4.39 Å². The van der Waals surface area contributed by atoms with Crippen LogP contribution in [0.2, 0.25) is 0 Å². The number of ether oxygens (including phenoxy) is 1. The molecule has 1 nitrogen and oxygen atoms in total. The Hall–Kier alpha value is -1.48. The summed E-state index contributed by atoms with van der Waals surface area (Å²) in [6.07, 6.45) is 0. The van der Waals surface area contributed by atoms with E-state index in [1.807, 2.05) is 18.2 Å². The normalized spacial score (nSPS) is 10.3. The van der Waals surface area contributed by atoms with Gasteiger partial charge in [-0.1, -0.05) is 30.3 Å². The Morgan fingerprint density at radius 2 is 1.83 bits per heavy atom. The van der Waals surface area contributed by atoms with Crippen LogP contribution in [-0.4, -0.2) is 12.4 Å². The molecule has 0 N–H and O–H groups in total. The fraction of sp³-hybridized carbons (Fsp3) is 0.200. The van der Waals surface area contributed by atoms with E-state index in [0.717, 1.165) is 5.75 Å². The molecular weight excluding hydrogens is 247 g/mol. The van der Waals surface area contributed by atoms with Crippen LogP contribution >= 0.6 is 11.8 Å². The largest absolute Gasteiger partial charge is 0.490 e. The molecule has 0 spiro atoms. The Bertz CT molecular complexity index is 499. The maximum atomic E-state index is 13.6. The number of hydrogen-bond acceptors (Lipinski definition) is 2. The van der Waals surface area contributed by atoms with Gasteiger partial charge in [-0.25, -0.2) is 4.39 Å². The molecule has 0 aliphatic heterocycles. The summed E-state index contributed by atoms with van der Waals surface area (Å²) in [4.78, 5) is 1.20. The van der Waals surface area contributed by atoms with Gasteiger partial charge in [0.05, 0.1) is 6.61 Å². The number of hydrogen-bond donors (Lipinski definition) is 0. The first-order chi connectivity index (χ1) is 8.77. The molecule has 0 aliphatic carbocycles. The lowest BCUT2D eigenvalue weighted by Crippen LogP contribution is -2.02. The fourth-order valence-corrected chi connectivity index (χ4v) is 2.31. The molecule has 0 amide bonds. The summed E-state index contributed by atoms with van der Waals surface area (Å²) in [6, 6.07) is 15.3. The molecule has 18 heavy (non-hydrogen) atoms. The minimum absolute atomic E-state index is 0.262. The molecule has 0 atom stereocenters. The lowest BCUT2D eigenvalue weighted by molar-refractivity contribution is 0.324. The van der Waals surface area contributed by atoms with Gasteiger partial charge in [-0.3, -0.25) is 0 Å². The third-order valence-corrected chi connectivity index (χ3v) is 3.49. The first-order valence-electron chi connectivity index (χ1n) is 5.83. The smallest absolute Gasteiger partial charge is 0.167 e. The van der Waals surface area contributed by atoms with Gasteiger partial charge in [0.15, 0.2) is 11.6 Å². The van der Waals surface area contributed by atoms with Crippen molar-refractivity contribution in [3.05, 3.63) is 59.9 Å². The highest BCUT2D eigenvalue weighted by atomic mass is 32.2. The maximum absolute atomic E-state index is 13.6. The number of aryl methyl sites for hydroxylation is 1. The summed E-state index contributed by atoms with van der Waals surface area (Å²) in [5.74, 6) is 0.878. The molecule has 3 heteroatoms. The minimum atomic E-state index is -0.262. The Morgan fingerprint density at radius 1 is 1.06 bits per heavy atom. The highest BCUT2D eigenvalue weighted by Crippen LogP contribution is 2.21. The number of benzene rings is 2. The lowest BCUT2D eigenvalue weighted by atomic mass is 10.2. The van der Waals surface area contributed by atoms with Crippen molar-refractivity contribution in [2.45, 2.75) is 11.8 Å². The summed E-state index contributed by atoms with van der Waals surface area (Å²) in [7, 11) is 0. The van der Waals surface area contributed by atoms with Crippen molar-refractivity contribution in [1.29, 1.82) is 0 Å². The van der Waals surface area contributed by atoms with Gasteiger partial charge in [0.2, 0.25) is 0 Å². The SMILES string of the molecule is Cc1cccc(OCCSc2ccccc2)c1F. The van der Waals surface area contributed by atoms with Crippen molar-refractivity contribution in [2.24, 2.45) is 0 Å². The zero-order chi connectivity index (χ0) is 12.8. The van der Waals surface area contributed by atoms with Crippen LogP contribution in [-0.2, 0) is 0 Å². The molecule has 0 heterocycles. The summed E-state index contributed by atoms with van der Waals surface area (Å²) in [5, 5.41) is 0. The van der Waals surface area contributed by atoms with Gasteiger partial charge in [-0.15, -0.1) is 11.8 Å². The van der Waals surface area contributed by atoms with Crippen LogP contribution in [0.15, 0.2) is 53.4 Å². The van der Waals surface area contributed by atoms with E-state index in [0.29, 0.717) is 17.9 Å². The standard InChI is InChI=1S/C15H15FOS/c1-12-6-5-9-14(15(12)16)17-10-11-18-13-7-3-2-4-8-13/h2-9H,10-11H2,1H3. The van der Waals surface area contributed by atoms with Gasteiger partial charge >= 0.3 is 0 Å². The quantitative estimate of drug-likeness (QED) is 0.586. The monoisotopic (exact) mass is 262 g/mol. The van der Waals surface area contributed by atoms with Crippen molar-refractivity contribution in [2.75, 3.05) is 12.4 Å². The predicted octanol–water partition coefficient (Wildman–Crippen LogP) is 4.31. The van der Waals surface area contributed by atoms with Gasteiger partial charge in [0.1, 0.15) is 0 Å². The van der Waals surface area contributed by atoms with Gasteiger partial charge in [-0.05, 0) is 30.7 Å². The molecule has 0 radical (unpaired) electrons. The predicted molar refractivity (Wildman–Crippen MR) is 73.8 cm³/mol. The first kappa shape index (κ1) is 13.0. The molecule has 0 saturated carbocycles. The molecule has 94 valence electrons. The van der Waals surface area contributed by atoms with Gasteiger partial charge in [-0.2, -0.15) is 0 Å². The van der Waals surface area contributed by atoms with E-state index in [1.54, 1.807) is 36.9 Å². The second-order valence-electron chi connectivity index (χ2n) is 3.90. The number of rotatable bonds is 5. The summed E-state index contributed by atoms with van der Waals surface area (Å²) in [5.41, 5.74) is 0.614. The Kier molecular flexibility index (Phi) is 4.65. The van der Waals surface area contributed by atoms with Crippen LogP contribution in [0.1, 0.15) is 5.56 Å². The lowest BCUT2D eigenvalue weighted by Gasteiger charge is -2.08. The molecule has 0 saturated heterocycles. The van der Waals surface area contributed by atoms with Crippen LogP contribution < -0.4 is 4.74 Å². The van der Waals surface area contributed by atoms with E-state index in [-0.39, 0.29) is 5.82 Å². The van der Waals surface area contributed by atoms with Crippen molar-refractivity contribution in [3.63, 3.8) is 0 Å².